The number of nitrogens with zero attached hydrogens (tertiary/aromatic N) is 2. The summed E-state index contributed by atoms with van der Waals surface area (Å²) in [6, 6.07) is 5.57. The molecule has 0 aliphatic rings. The van der Waals surface area contributed by atoms with Crippen molar-refractivity contribution in [1.29, 1.82) is 0 Å². The molecule has 0 saturated carbocycles. The van der Waals surface area contributed by atoms with E-state index in [0.717, 1.165) is 5.56 Å². The van der Waals surface area contributed by atoms with Crippen molar-refractivity contribution in [2.45, 2.75) is 20.8 Å². The van der Waals surface area contributed by atoms with Gasteiger partial charge in [0.2, 0.25) is 5.88 Å². The maximum Gasteiger partial charge on any atom is 0.227 e. The number of aromatic nitrogens is 2. The molecular weight excluding hydrogens is 271 g/mol. The number of hydrogen-bond acceptors (Lipinski definition) is 3. The van der Waals surface area contributed by atoms with Crippen molar-refractivity contribution in [3.05, 3.63) is 45.3 Å². The Morgan fingerprint density at radius 1 is 1.06 bits per heavy atom. The molecule has 0 amide bonds. The normalized spacial score (nSPS) is 10.5. The van der Waals surface area contributed by atoms with E-state index in [2.05, 4.69) is 9.97 Å². The molecule has 0 saturated heterocycles. The molecule has 18 heavy (non-hydrogen) atoms. The van der Waals surface area contributed by atoms with Crippen LogP contribution in [0.3, 0.4) is 0 Å². The zero-order valence-electron chi connectivity index (χ0n) is 10.3. The summed E-state index contributed by atoms with van der Waals surface area (Å²) in [5.74, 6) is 1.54. The lowest BCUT2D eigenvalue weighted by atomic mass is 10.2. The third-order valence-corrected chi connectivity index (χ3v) is 3.11. The first kappa shape index (κ1) is 13.1. The van der Waals surface area contributed by atoms with Gasteiger partial charge < -0.3 is 4.74 Å². The van der Waals surface area contributed by atoms with Crippen LogP contribution in [-0.2, 0) is 0 Å². The van der Waals surface area contributed by atoms with Gasteiger partial charge >= 0.3 is 0 Å². The summed E-state index contributed by atoms with van der Waals surface area (Å²) in [4.78, 5) is 8.27. The maximum absolute atomic E-state index is 6.11. The van der Waals surface area contributed by atoms with Crippen molar-refractivity contribution >= 4 is 23.2 Å². The lowest BCUT2D eigenvalue weighted by molar-refractivity contribution is 0.455. The zero-order valence-corrected chi connectivity index (χ0v) is 11.8. The summed E-state index contributed by atoms with van der Waals surface area (Å²) < 4.78 is 5.69. The van der Waals surface area contributed by atoms with Gasteiger partial charge in [-0.25, -0.2) is 4.98 Å². The number of halogens is 2. The van der Waals surface area contributed by atoms with Crippen LogP contribution in [0.4, 0.5) is 0 Å². The largest absolute Gasteiger partial charge is 0.437 e. The van der Waals surface area contributed by atoms with Gasteiger partial charge in [0.1, 0.15) is 16.7 Å². The van der Waals surface area contributed by atoms with Crippen molar-refractivity contribution in [3.63, 3.8) is 0 Å². The highest BCUT2D eigenvalue weighted by Gasteiger charge is 2.11. The summed E-state index contributed by atoms with van der Waals surface area (Å²) in [5.41, 5.74) is 1.76. The van der Waals surface area contributed by atoms with Crippen molar-refractivity contribution in [3.8, 4) is 11.6 Å². The molecule has 0 spiro atoms. The quantitative estimate of drug-likeness (QED) is 0.761. The molecule has 2 rings (SSSR count). The number of hydrogen-bond donors (Lipinski definition) is 0. The molecule has 5 heteroatoms. The molecule has 0 aliphatic carbocycles. The van der Waals surface area contributed by atoms with Gasteiger partial charge in [0.05, 0.1) is 5.02 Å². The summed E-state index contributed by atoms with van der Waals surface area (Å²) in [6.07, 6.45) is 0. The summed E-state index contributed by atoms with van der Waals surface area (Å²) in [5, 5.41) is 0.933. The molecule has 3 nitrogen and oxygen atoms in total. The van der Waals surface area contributed by atoms with Gasteiger partial charge in [-0.3, -0.25) is 0 Å². The second-order valence-electron chi connectivity index (χ2n) is 4.03. The lowest BCUT2D eigenvalue weighted by Crippen LogP contribution is -1.98. The van der Waals surface area contributed by atoms with E-state index in [9.17, 15) is 0 Å². The molecule has 1 aromatic carbocycles. The van der Waals surface area contributed by atoms with Crippen LogP contribution in [-0.4, -0.2) is 9.97 Å². The predicted molar refractivity (Wildman–Crippen MR) is 72.8 cm³/mol. The first-order chi connectivity index (χ1) is 8.47. The van der Waals surface area contributed by atoms with Gasteiger partial charge in [0.15, 0.2) is 0 Å². The summed E-state index contributed by atoms with van der Waals surface area (Å²) >= 11 is 12.1. The Labute approximate surface area is 116 Å². The minimum absolute atomic E-state index is 0.390. The average Bonchev–Trinajstić information content (AvgIpc) is 2.29. The first-order valence-electron chi connectivity index (χ1n) is 5.42. The Morgan fingerprint density at radius 2 is 1.78 bits per heavy atom. The van der Waals surface area contributed by atoms with Gasteiger partial charge in [-0.2, -0.15) is 4.98 Å². The third kappa shape index (κ3) is 2.74. The Bertz CT molecular complexity index is 600. The van der Waals surface area contributed by atoms with Crippen LogP contribution in [0.1, 0.15) is 17.0 Å². The molecule has 0 bridgehead atoms. The number of ether oxygens (including phenoxy) is 1. The van der Waals surface area contributed by atoms with E-state index in [1.54, 1.807) is 13.8 Å². The van der Waals surface area contributed by atoms with Gasteiger partial charge in [-0.1, -0.05) is 29.3 Å². The van der Waals surface area contributed by atoms with Gasteiger partial charge in [0, 0.05) is 5.56 Å². The fourth-order valence-electron chi connectivity index (χ4n) is 1.46. The molecule has 1 heterocycles. The molecule has 0 radical (unpaired) electrons. The molecule has 0 aliphatic heterocycles. The Kier molecular flexibility index (Phi) is 3.73. The van der Waals surface area contributed by atoms with E-state index in [0.29, 0.717) is 33.2 Å². The highest BCUT2D eigenvalue weighted by atomic mass is 35.5. The predicted octanol–water partition coefficient (Wildman–Crippen LogP) is 4.50. The maximum atomic E-state index is 6.11. The van der Waals surface area contributed by atoms with Crippen molar-refractivity contribution in [1.82, 2.24) is 9.97 Å². The Hall–Kier alpha value is -1.32. The smallest absolute Gasteiger partial charge is 0.227 e. The fraction of sp³-hybridized carbons (Fsp3) is 0.231. The van der Waals surface area contributed by atoms with Gasteiger partial charge in [-0.15, -0.1) is 0 Å². The van der Waals surface area contributed by atoms with Gasteiger partial charge in [0.25, 0.3) is 0 Å². The molecule has 2 aromatic rings. The topological polar surface area (TPSA) is 35.0 Å². The second kappa shape index (κ2) is 5.12. The standard InChI is InChI=1S/C13H12Cl2N2O/c1-7-4-5-11(10(14)6-7)18-13-8(2)12(15)16-9(3)17-13/h4-6H,1-3H3. The van der Waals surface area contributed by atoms with Crippen LogP contribution < -0.4 is 4.74 Å². The Morgan fingerprint density at radius 3 is 2.44 bits per heavy atom. The van der Waals surface area contributed by atoms with E-state index >= 15 is 0 Å². The van der Waals surface area contributed by atoms with Crippen molar-refractivity contribution in [2.75, 3.05) is 0 Å². The van der Waals surface area contributed by atoms with Crippen LogP contribution in [0.15, 0.2) is 18.2 Å². The number of aryl methyl sites for hydroxylation is 2. The van der Waals surface area contributed by atoms with E-state index < -0.39 is 0 Å². The SMILES string of the molecule is Cc1ccc(Oc2nc(C)nc(Cl)c2C)c(Cl)c1. The molecule has 0 unspecified atom stereocenters. The van der Waals surface area contributed by atoms with Crippen molar-refractivity contribution < 1.29 is 4.74 Å². The molecular formula is C13H12Cl2N2O. The van der Waals surface area contributed by atoms with Gasteiger partial charge in [-0.05, 0) is 38.5 Å². The van der Waals surface area contributed by atoms with Crippen LogP contribution in [0.2, 0.25) is 10.2 Å². The van der Waals surface area contributed by atoms with Crippen LogP contribution in [0.25, 0.3) is 0 Å². The average molecular weight is 283 g/mol. The van der Waals surface area contributed by atoms with E-state index in [4.69, 9.17) is 27.9 Å². The Balaban J connectivity index is 2.40. The summed E-state index contributed by atoms with van der Waals surface area (Å²) in [7, 11) is 0. The molecule has 94 valence electrons. The second-order valence-corrected chi connectivity index (χ2v) is 4.79. The molecule has 0 atom stereocenters. The monoisotopic (exact) mass is 282 g/mol. The lowest BCUT2D eigenvalue weighted by Gasteiger charge is -2.10. The highest BCUT2D eigenvalue weighted by molar-refractivity contribution is 6.32. The third-order valence-electron chi connectivity index (χ3n) is 2.45. The van der Waals surface area contributed by atoms with Crippen molar-refractivity contribution in [2.24, 2.45) is 0 Å². The zero-order chi connectivity index (χ0) is 13.3. The minimum atomic E-state index is 0.390. The molecule has 0 N–H and O–H groups in total. The number of rotatable bonds is 2. The van der Waals surface area contributed by atoms with Crippen LogP contribution in [0.5, 0.6) is 11.6 Å². The van der Waals surface area contributed by atoms with E-state index in [1.807, 2.05) is 25.1 Å². The summed E-state index contributed by atoms with van der Waals surface area (Å²) in [6.45, 7) is 5.53. The minimum Gasteiger partial charge on any atom is -0.437 e. The highest BCUT2D eigenvalue weighted by Crippen LogP contribution is 2.32. The van der Waals surface area contributed by atoms with E-state index in [-0.39, 0.29) is 0 Å². The van der Waals surface area contributed by atoms with E-state index in [1.165, 1.54) is 0 Å². The molecule has 1 aromatic heterocycles. The fourth-order valence-corrected chi connectivity index (χ4v) is 1.94. The number of benzene rings is 1. The first-order valence-corrected chi connectivity index (χ1v) is 6.17. The molecule has 0 fully saturated rings. The van der Waals surface area contributed by atoms with Crippen LogP contribution >= 0.6 is 23.2 Å². The van der Waals surface area contributed by atoms with Crippen LogP contribution in [0, 0.1) is 20.8 Å².